The van der Waals surface area contributed by atoms with Gasteiger partial charge >= 0.3 is 0 Å². The summed E-state index contributed by atoms with van der Waals surface area (Å²) < 4.78 is 5.59. The first-order chi connectivity index (χ1) is 9.50. The lowest BCUT2D eigenvalue weighted by Gasteiger charge is -2.43. The Morgan fingerprint density at radius 2 is 1.95 bits per heavy atom. The number of hydrogen-bond acceptors (Lipinski definition) is 3. The minimum absolute atomic E-state index is 0.457. The zero-order valence-corrected chi connectivity index (χ0v) is 14.0. The van der Waals surface area contributed by atoms with E-state index in [0.29, 0.717) is 11.5 Å². The highest BCUT2D eigenvalue weighted by molar-refractivity contribution is 4.90. The molecule has 2 fully saturated rings. The molecule has 3 unspecified atom stereocenters. The molecule has 3 nitrogen and oxygen atoms in total. The third kappa shape index (κ3) is 4.44. The molecule has 0 aromatic rings. The van der Waals surface area contributed by atoms with Crippen molar-refractivity contribution in [1.82, 2.24) is 10.2 Å². The Morgan fingerprint density at radius 1 is 1.15 bits per heavy atom. The Hall–Kier alpha value is -0.120. The first-order valence-corrected chi connectivity index (χ1v) is 8.48. The van der Waals surface area contributed by atoms with Crippen LogP contribution in [0.1, 0.15) is 46.5 Å². The van der Waals surface area contributed by atoms with E-state index >= 15 is 0 Å². The summed E-state index contributed by atoms with van der Waals surface area (Å²) in [6.07, 6.45) is 5.30. The van der Waals surface area contributed by atoms with Crippen molar-refractivity contribution in [1.29, 1.82) is 0 Å². The van der Waals surface area contributed by atoms with E-state index in [2.05, 4.69) is 38.0 Å². The maximum Gasteiger partial charge on any atom is 0.0593 e. The van der Waals surface area contributed by atoms with Crippen molar-refractivity contribution in [2.75, 3.05) is 39.9 Å². The summed E-state index contributed by atoms with van der Waals surface area (Å²) in [6, 6.07) is 0.706. The predicted molar refractivity (Wildman–Crippen MR) is 85.0 cm³/mol. The van der Waals surface area contributed by atoms with Crippen LogP contribution in [0.3, 0.4) is 0 Å². The lowest BCUT2D eigenvalue weighted by atomic mass is 9.67. The van der Waals surface area contributed by atoms with Crippen molar-refractivity contribution in [2.45, 2.75) is 52.5 Å². The van der Waals surface area contributed by atoms with Crippen LogP contribution in [0.25, 0.3) is 0 Å². The molecule has 1 saturated carbocycles. The van der Waals surface area contributed by atoms with Crippen molar-refractivity contribution >= 4 is 0 Å². The summed E-state index contributed by atoms with van der Waals surface area (Å²) in [5.74, 6) is 1.68. The van der Waals surface area contributed by atoms with E-state index in [4.69, 9.17) is 4.74 Å². The zero-order chi connectivity index (χ0) is 14.6. The van der Waals surface area contributed by atoms with E-state index in [1.807, 2.05) is 0 Å². The summed E-state index contributed by atoms with van der Waals surface area (Å²) in [7, 11) is 2.14. The Morgan fingerprint density at radius 3 is 2.65 bits per heavy atom. The average molecular weight is 282 g/mol. The Bertz CT molecular complexity index is 279. The fraction of sp³-hybridized carbons (Fsp3) is 1.00. The normalized spacial score (nSPS) is 33.9. The molecule has 2 aliphatic rings. The van der Waals surface area contributed by atoms with Gasteiger partial charge in [-0.3, -0.25) is 0 Å². The van der Waals surface area contributed by atoms with E-state index in [1.165, 1.54) is 38.8 Å². The highest BCUT2D eigenvalue weighted by atomic mass is 16.5. The molecule has 1 saturated heterocycles. The molecule has 1 heterocycles. The third-order valence-electron chi connectivity index (χ3n) is 5.39. The molecule has 0 aromatic carbocycles. The quantitative estimate of drug-likeness (QED) is 0.861. The van der Waals surface area contributed by atoms with Crippen molar-refractivity contribution in [2.24, 2.45) is 17.3 Å². The highest BCUT2D eigenvalue weighted by Gasteiger charge is 2.35. The number of rotatable bonds is 3. The maximum atomic E-state index is 5.59. The van der Waals surface area contributed by atoms with E-state index in [-0.39, 0.29) is 0 Å². The molecule has 1 aliphatic heterocycles. The molecular weight excluding hydrogens is 248 g/mol. The van der Waals surface area contributed by atoms with Crippen LogP contribution in [0.2, 0.25) is 0 Å². The van der Waals surface area contributed by atoms with Crippen LogP contribution in [0, 0.1) is 17.3 Å². The fourth-order valence-electron chi connectivity index (χ4n) is 3.94. The Balaban J connectivity index is 1.94. The average Bonchev–Trinajstić information content (AvgIpc) is 2.66. The third-order valence-corrected chi connectivity index (χ3v) is 5.39. The lowest BCUT2D eigenvalue weighted by Crippen LogP contribution is -2.46. The minimum atomic E-state index is 0.457. The largest absolute Gasteiger partial charge is 0.380 e. The van der Waals surface area contributed by atoms with Gasteiger partial charge in [0.15, 0.2) is 0 Å². The van der Waals surface area contributed by atoms with Crippen LogP contribution in [0.5, 0.6) is 0 Å². The molecule has 3 atom stereocenters. The maximum absolute atomic E-state index is 5.59. The molecule has 0 aromatic heterocycles. The van der Waals surface area contributed by atoms with Crippen LogP contribution in [0.4, 0.5) is 0 Å². The van der Waals surface area contributed by atoms with Gasteiger partial charge in [-0.2, -0.15) is 0 Å². The molecule has 20 heavy (non-hydrogen) atoms. The van der Waals surface area contributed by atoms with E-state index in [0.717, 1.165) is 31.6 Å². The second kappa shape index (κ2) is 7.24. The van der Waals surface area contributed by atoms with Gasteiger partial charge in [0.25, 0.3) is 0 Å². The van der Waals surface area contributed by atoms with Gasteiger partial charge in [-0.05, 0) is 50.0 Å². The van der Waals surface area contributed by atoms with Crippen LogP contribution in [-0.4, -0.2) is 50.8 Å². The van der Waals surface area contributed by atoms with Crippen LogP contribution in [-0.2, 0) is 4.74 Å². The molecule has 3 heteroatoms. The van der Waals surface area contributed by atoms with Crippen LogP contribution >= 0.6 is 0 Å². The van der Waals surface area contributed by atoms with Gasteiger partial charge < -0.3 is 15.0 Å². The Kier molecular flexibility index (Phi) is 5.88. The second-order valence-electron chi connectivity index (χ2n) is 7.80. The van der Waals surface area contributed by atoms with Crippen molar-refractivity contribution in [3.8, 4) is 0 Å². The molecule has 0 bridgehead atoms. The first-order valence-electron chi connectivity index (χ1n) is 8.48. The molecule has 1 aliphatic carbocycles. The van der Waals surface area contributed by atoms with E-state index in [9.17, 15) is 0 Å². The fourth-order valence-corrected chi connectivity index (χ4v) is 3.94. The van der Waals surface area contributed by atoms with Crippen molar-refractivity contribution in [3.63, 3.8) is 0 Å². The summed E-state index contributed by atoms with van der Waals surface area (Å²) >= 11 is 0. The number of nitrogens with one attached hydrogen (secondary N) is 1. The van der Waals surface area contributed by atoms with Crippen molar-refractivity contribution in [3.05, 3.63) is 0 Å². The molecular formula is C17H34N2O. The summed E-state index contributed by atoms with van der Waals surface area (Å²) in [5.41, 5.74) is 0.457. The van der Waals surface area contributed by atoms with Gasteiger partial charge in [0.2, 0.25) is 0 Å². The topological polar surface area (TPSA) is 24.5 Å². The number of hydrogen-bond donors (Lipinski definition) is 1. The SMILES string of the molecule is CNC1CCC(C(C)(C)C)CC1CN1CCCOCC1. The van der Waals surface area contributed by atoms with Gasteiger partial charge in [0, 0.05) is 32.3 Å². The zero-order valence-electron chi connectivity index (χ0n) is 14.0. The highest BCUT2D eigenvalue weighted by Crippen LogP contribution is 2.40. The van der Waals surface area contributed by atoms with Gasteiger partial charge in [-0.25, -0.2) is 0 Å². The standard InChI is InChI=1S/C17H34N2O/c1-17(2,3)15-6-7-16(18-4)14(12-15)13-19-8-5-10-20-11-9-19/h14-16,18H,5-13H2,1-4H3. The van der Waals surface area contributed by atoms with E-state index < -0.39 is 0 Å². The van der Waals surface area contributed by atoms with Crippen LogP contribution < -0.4 is 5.32 Å². The first kappa shape index (κ1) is 16.3. The molecule has 2 rings (SSSR count). The predicted octanol–water partition coefficient (Wildman–Crippen LogP) is 2.76. The Labute approximate surface area is 125 Å². The molecule has 118 valence electrons. The smallest absolute Gasteiger partial charge is 0.0593 e. The van der Waals surface area contributed by atoms with Gasteiger partial charge in [0.05, 0.1) is 6.61 Å². The molecule has 0 radical (unpaired) electrons. The van der Waals surface area contributed by atoms with E-state index in [1.54, 1.807) is 0 Å². The number of nitrogens with zero attached hydrogens (tertiary/aromatic N) is 1. The summed E-state index contributed by atoms with van der Waals surface area (Å²) in [5, 5.41) is 3.57. The summed E-state index contributed by atoms with van der Waals surface area (Å²) in [4.78, 5) is 2.63. The monoisotopic (exact) mass is 282 g/mol. The lowest BCUT2D eigenvalue weighted by molar-refractivity contribution is 0.0863. The van der Waals surface area contributed by atoms with Crippen LogP contribution in [0.15, 0.2) is 0 Å². The molecule has 0 spiro atoms. The minimum Gasteiger partial charge on any atom is -0.380 e. The second-order valence-corrected chi connectivity index (χ2v) is 7.80. The molecule has 1 N–H and O–H groups in total. The van der Waals surface area contributed by atoms with Gasteiger partial charge in [0.1, 0.15) is 0 Å². The van der Waals surface area contributed by atoms with Crippen molar-refractivity contribution < 1.29 is 4.74 Å². The number of ether oxygens (including phenoxy) is 1. The molecule has 0 amide bonds. The van der Waals surface area contributed by atoms with Gasteiger partial charge in [-0.1, -0.05) is 20.8 Å². The summed E-state index contributed by atoms with van der Waals surface area (Å²) in [6.45, 7) is 12.7. The van der Waals surface area contributed by atoms with Gasteiger partial charge in [-0.15, -0.1) is 0 Å².